The summed E-state index contributed by atoms with van der Waals surface area (Å²) in [6, 6.07) is 5.29. The van der Waals surface area contributed by atoms with Crippen LogP contribution in [0.25, 0.3) is 0 Å². The second kappa shape index (κ2) is 3.98. The van der Waals surface area contributed by atoms with E-state index in [-0.39, 0.29) is 11.9 Å². The molecular weight excluding hydrogens is 267 g/mol. The molecule has 1 aromatic carbocycles. The smallest absolute Gasteiger partial charge is 0.162 e. The van der Waals surface area contributed by atoms with E-state index in [1.165, 1.54) is 0 Å². The average Bonchev–Trinajstić information content (AvgIpc) is 1.96. The Morgan fingerprint density at radius 2 is 2.08 bits per heavy atom. The second-order valence-electron chi connectivity index (χ2n) is 2.78. The van der Waals surface area contributed by atoms with Crippen LogP contribution < -0.4 is 4.74 Å². The van der Waals surface area contributed by atoms with Crippen molar-refractivity contribution < 1.29 is 9.84 Å². The fraction of sp³-hybridized carbons (Fsp3) is 0.333. The molecule has 0 fully saturated rings. The Kier molecular flexibility index (Phi) is 3.20. The molecule has 0 aliphatic carbocycles. The highest BCUT2D eigenvalue weighted by atomic mass is 127. The van der Waals surface area contributed by atoms with Gasteiger partial charge in [0.15, 0.2) is 11.5 Å². The third kappa shape index (κ3) is 2.55. The highest BCUT2D eigenvalue weighted by Crippen LogP contribution is 2.28. The summed E-state index contributed by atoms with van der Waals surface area (Å²) in [6.45, 7) is 3.86. The first-order valence-electron chi connectivity index (χ1n) is 3.75. The number of halogens is 1. The zero-order chi connectivity index (χ0) is 9.14. The Bertz CT molecular complexity index is 271. The molecule has 0 amide bonds. The van der Waals surface area contributed by atoms with Crippen molar-refractivity contribution in [2.45, 2.75) is 20.0 Å². The van der Waals surface area contributed by atoms with Crippen LogP contribution in [0, 0.1) is 3.57 Å². The van der Waals surface area contributed by atoms with Crippen molar-refractivity contribution >= 4 is 22.6 Å². The minimum Gasteiger partial charge on any atom is -0.504 e. The van der Waals surface area contributed by atoms with E-state index in [0.29, 0.717) is 5.75 Å². The molecule has 0 radical (unpaired) electrons. The SMILES string of the molecule is CC(C)Oc1cc(I)ccc1O. The third-order valence-corrected chi connectivity index (χ3v) is 1.96. The van der Waals surface area contributed by atoms with Gasteiger partial charge in [-0.2, -0.15) is 0 Å². The van der Waals surface area contributed by atoms with Gasteiger partial charge in [0.05, 0.1) is 6.10 Å². The van der Waals surface area contributed by atoms with Crippen LogP contribution in [0.1, 0.15) is 13.8 Å². The lowest BCUT2D eigenvalue weighted by Crippen LogP contribution is -2.05. The Labute approximate surface area is 85.7 Å². The summed E-state index contributed by atoms with van der Waals surface area (Å²) in [6.07, 6.45) is 0.0918. The number of ether oxygens (including phenoxy) is 1. The summed E-state index contributed by atoms with van der Waals surface area (Å²) < 4.78 is 6.43. The molecule has 0 saturated heterocycles. The first kappa shape index (κ1) is 9.64. The number of hydrogen-bond acceptors (Lipinski definition) is 2. The number of phenols is 1. The Morgan fingerprint density at radius 3 is 2.67 bits per heavy atom. The monoisotopic (exact) mass is 278 g/mol. The second-order valence-corrected chi connectivity index (χ2v) is 4.02. The van der Waals surface area contributed by atoms with Crippen molar-refractivity contribution in [1.82, 2.24) is 0 Å². The van der Waals surface area contributed by atoms with E-state index in [1.807, 2.05) is 26.0 Å². The molecule has 1 aromatic rings. The van der Waals surface area contributed by atoms with Gasteiger partial charge in [0.2, 0.25) is 0 Å². The van der Waals surface area contributed by atoms with Crippen LogP contribution in [0.3, 0.4) is 0 Å². The summed E-state index contributed by atoms with van der Waals surface area (Å²) in [7, 11) is 0. The Morgan fingerprint density at radius 1 is 1.42 bits per heavy atom. The van der Waals surface area contributed by atoms with E-state index in [2.05, 4.69) is 22.6 Å². The zero-order valence-electron chi connectivity index (χ0n) is 7.04. The molecule has 1 rings (SSSR count). The summed E-state index contributed by atoms with van der Waals surface area (Å²) in [4.78, 5) is 0. The molecule has 2 nitrogen and oxygen atoms in total. The van der Waals surface area contributed by atoms with Crippen molar-refractivity contribution in [3.8, 4) is 11.5 Å². The van der Waals surface area contributed by atoms with Gasteiger partial charge >= 0.3 is 0 Å². The van der Waals surface area contributed by atoms with Gasteiger partial charge in [0, 0.05) is 3.57 Å². The molecule has 0 unspecified atom stereocenters. The van der Waals surface area contributed by atoms with Crippen LogP contribution in [0.2, 0.25) is 0 Å². The number of benzene rings is 1. The van der Waals surface area contributed by atoms with Gasteiger partial charge in [0.25, 0.3) is 0 Å². The van der Waals surface area contributed by atoms with Gasteiger partial charge in [0.1, 0.15) is 0 Å². The van der Waals surface area contributed by atoms with Gasteiger partial charge in [-0.15, -0.1) is 0 Å². The highest BCUT2D eigenvalue weighted by Gasteiger charge is 2.03. The standard InChI is InChI=1S/C9H11IO2/c1-6(2)12-9-5-7(10)3-4-8(9)11/h3-6,11H,1-2H3. The molecule has 66 valence electrons. The van der Waals surface area contributed by atoms with E-state index in [9.17, 15) is 5.11 Å². The quantitative estimate of drug-likeness (QED) is 0.843. The van der Waals surface area contributed by atoms with Crippen LogP contribution in [0.15, 0.2) is 18.2 Å². The number of aromatic hydroxyl groups is 1. The van der Waals surface area contributed by atoms with Crippen molar-refractivity contribution in [2.75, 3.05) is 0 Å². The number of rotatable bonds is 2. The predicted octanol–water partition coefficient (Wildman–Crippen LogP) is 2.78. The third-order valence-electron chi connectivity index (χ3n) is 1.28. The van der Waals surface area contributed by atoms with E-state index < -0.39 is 0 Å². The Balaban J connectivity index is 2.90. The van der Waals surface area contributed by atoms with Crippen LogP contribution in [-0.2, 0) is 0 Å². The molecule has 0 spiro atoms. The lowest BCUT2D eigenvalue weighted by atomic mass is 10.3. The summed E-state index contributed by atoms with van der Waals surface area (Å²) in [5, 5.41) is 9.36. The Hall–Kier alpha value is -0.450. The maximum atomic E-state index is 9.36. The van der Waals surface area contributed by atoms with Crippen LogP contribution in [0.4, 0.5) is 0 Å². The maximum absolute atomic E-state index is 9.36. The average molecular weight is 278 g/mol. The lowest BCUT2D eigenvalue weighted by molar-refractivity contribution is 0.231. The predicted molar refractivity (Wildman–Crippen MR) is 56.6 cm³/mol. The van der Waals surface area contributed by atoms with Crippen molar-refractivity contribution in [3.63, 3.8) is 0 Å². The lowest BCUT2D eigenvalue weighted by Gasteiger charge is -2.10. The summed E-state index contributed by atoms with van der Waals surface area (Å²) in [5.41, 5.74) is 0. The van der Waals surface area contributed by atoms with Gasteiger partial charge in [-0.3, -0.25) is 0 Å². The number of hydrogen-bond donors (Lipinski definition) is 1. The largest absolute Gasteiger partial charge is 0.504 e. The fourth-order valence-electron chi connectivity index (χ4n) is 0.836. The fourth-order valence-corrected chi connectivity index (χ4v) is 1.30. The molecule has 0 heterocycles. The van der Waals surface area contributed by atoms with Crippen LogP contribution in [-0.4, -0.2) is 11.2 Å². The molecule has 0 saturated carbocycles. The molecule has 0 aliphatic heterocycles. The van der Waals surface area contributed by atoms with E-state index in [4.69, 9.17) is 4.74 Å². The minimum atomic E-state index is 0.0918. The van der Waals surface area contributed by atoms with Crippen molar-refractivity contribution in [1.29, 1.82) is 0 Å². The summed E-state index contributed by atoms with van der Waals surface area (Å²) >= 11 is 2.18. The normalized spacial score (nSPS) is 10.3. The van der Waals surface area contributed by atoms with E-state index in [1.54, 1.807) is 6.07 Å². The molecule has 0 bridgehead atoms. The van der Waals surface area contributed by atoms with E-state index in [0.717, 1.165) is 3.57 Å². The molecule has 12 heavy (non-hydrogen) atoms. The molecule has 0 atom stereocenters. The van der Waals surface area contributed by atoms with Gasteiger partial charge in [-0.05, 0) is 54.6 Å². The maximum Gasteiger partial charge on any atom is 0.162 e. The molecule has 1 N–H and O–H groups in total. The van der Waals surface area contributed by atoms with E-state index >= 15 is 0 Å². The molecule has 3 heteroatoms. The molecule has 0 aliphatic rings. The first-order valence-corrected chi connectivity index (χ1v) is 4.82. The molecular formula is C9H11IO2. The van der Waals surface area contributed by atoms with Gasteiger partial charge < -0.3 is 9.84 Å². The zero-order valence-corrected chi connectivity index (χ0v) is 9.20. The van der Waals surface area contributed by atoms with Gasteiger partial charge in [-0.1, -0.05) is 0 Å². The highest BCUT2D eigenvalue weighted by molar-refractivity contribution is 14.1. The minimum absolute atomic E-state index is 0.0918. The first-order chi connectivity index (χ1) is 5.59. The van der Waals surface area contributed by atoms with Gasteiger partial charge in [-0.25, -0.2) is 0 Å². The number of phenolic OH excluding ortho intramolecular Hbond substituents is 1. The van der Waals surface area contributed by atoms with Crippen molar-refractivity contribution in [3.05, 3.63) is 21.8 Å². The van der Waals surface area contributed by atoms with Crippen molar-refractivity contribution in [2.24, 2.45) is 0 Å². The van der Waals surface area contributed by atoms with Crippen LogP contribution >= 0.6 is 22.6 Å². The summed E-state index contributed by atoms with van der Waals surface area (Å²) in [5.74, 6) is 0.751. The topological polar surface area (TPSA) is 29.5 Å². The molecule has 0 aromatic heterocycles. The van der Waals surface area contributed by atoms with Crippen LogP contribution in [0.5, 0.6) is 11.5 Å².